The fourth-order valence-electron chi connectivity index (χ4n) is 9.56. The van der Waals surface area contributed by atoms with Crippen LogP contribution in [0, 0.1) is 0 Å². The van der Waals surface area contributed by atoms with Gasteiger partial charge < -0.3 is 89.7 Å². The molecule has 0 aliphatic carbocycles. The van der Waals surface area contributed by atoms with E-state index in [1.54, 1.807) is 0 Å². The summed E-state index contributed by atoms with van der Waals surface area (Å²) in [6, 6.07) is 47.0. The summed E-state index contributed by atoms with van der Waals surface area (Å²) in [5, 5.41) is 0. The maximum Gasteiger partial charge on any atom is 0.0802 e. The number of nitrogen functional groups attached to an aromatic ring is 4. The number of nitrogens with two attached hydrogens (primary N) is 4. The zero-order chi connectivity index (χ0) is 44.0. The molecule has 2 unspecified atom stereocenters. The van der Waals surface area contributed by atoms with Crippen LogP contribution in [0.5, 0.6) is 0 Å². The molecule has 340 valence electrons. The minimum atomic E-state index is 0. The highest BCUT2D eigenvalue weighted by atomic mass is 127. The van der Waals surface area contributed by atoms with Gasteiger partial charge in [0.2, 0.25) is 0 Å². The summed E-state index contributed by atoms with van der Waals surface area (Å²) < 4.78 is 2.19. The fraction of sp³-hybridized carbons (Fsp3) is 0.333. The Bertz CT molecular complexity index is 2260. The van der Waals surface area contributed by atoms with E-state index >= 15 is 0 Å². The Labute approximate surface area is 417 Å². The van der Waals surface area contributed by atoms with E-state index in [-0.39, 0.29) is 60.0 Å². The van der Waals surface area contributed by atoms with Crippen molar-refractivity contribution in [2.24, 2.45) is 0 Å². The van der Waals surface area contributed by atoms with E-state index in [2.05, 4.69) is 161 Å². The lowest BCUT2D eigenvalue weighted by Gasteiger charge is -2.42. The molecule has 0 radical (unpaired) electrons. The van der Waals surface area contributed by atoms with Crippen LogP contribution in [0.15, 0.2) is 133 Å². The Morgan fingerprint density at radius 1 is 0.422 bits per heavy atom. The van der Waals surface area contributed by atoms with Crippen LogP contribution in [-0.2, 0) is 0 Å². The minimum Gasteiger partial charge on any atom is -1.00 e. The van der Waals surface area contributed by atoms with Gasteiger partial charge in [-0.2, -0.15) is 0 Å². The van der Waals surface area contributed by atoms with Gasteiger partial charge in [-0.3, -0.25) is 0 Å². The molecular weight excluding hydrogens is 1010 g/mol. The first kappa shape index (κ1) is 50.5. The van der Waals surface area contributed by atoms with Crippen molar-refractivity contribution >= 4 is 34.1 Å². The molecule has 64 heavy (non-hydrogen) atoms. The van der Waals surface area contributed by atoms with Crippen LogP contribution in [0.1, 0.15) is 74.9 Å². The summed E-state index contributed by atoms with van der Waals surface area (Å²) in [6.07, 6.45) is 2.24. The Kier molecular flexibility index (Phi) is 17.5. The van der Waals surface area contributed by atoms with E-state index in [0.717, 1.165) is 96.9 Å². The molecule has 2 aliphatic rings. The number of benzene rings is 6. The summed E-state index contributed by atoms with van der Waals surface area (Å²) in [7, 11) is 4.71. The Morgan fingerprint density at radius 2 is 0.734 bits per heavy atom. The molecule has 0 saturated carbocycles. The Morgan fingerprint density at radius 3 is 1.06 bits per heavy atom. The second kappa shape index (κ2) is 22.1. The molecule has 10 heteroatoms. The molecule has 8 nitrogen and oxygen atoms in total. The normalized spacial score (nSPS) is 15.0. The third-order valence-electron chi connectivity index (χ3n) is 14.1. The summed E-state index contributed by atoms with van der Waals surface area (Å²) in [5.74, 6) is 0. The summed E-state index contributed by atoms with van der Waals surface area (Å²) in [4.78, 5) is 5.08. The standard InChI is InChI=1S/2C27H35N4.2HI/c2*1-4-31(3,5-2)17-9-16-30-26-19-22(29)13-15-24(26)23-14-12-21(28)18-25(23)27(30)20-10-7-6-8-11-20;;/h2*6-8,10-15,18-19,27H,4-5,9,16-17,28-29H2,1-3H3;2*1H/q2*+1;;/p-2. The molecule has 8 N–H and O–H groups in total. The van der Waals surface area contributed by atoms with E-state index in [9.17, 15) is 0 Å². The molecule has 6 aromatic rings. The average molecular weight is 1090 g/mol. The Balaban J connectivity index is 0.000000234. The SMILES string of the molecule is CC[N+](C)(CC)CCCN1c2cc(N)ccc2-c2ccc(N)cc2C1c1ccccc1.CC[N+](C)(CC)CCCN1c2cc(N)ccc2-c2ccc(N)cc2C1c1ccccc1.[I-].[I-]. The zero-order valence-electron chi connectivity index (χ0n) is 38.8. The van der Waals surface area contributed by atoms with E-state index in [4.69, 9.17) is 22.9 Å². The summed E-state index contributed by atoms with van der Waals surface area (Å²) in [6.45, 7) is 18.0. The number of hydrogen-bond acceptors (Lipinski definition) is 6. The van der Waals surface area contributed by atoms with Crippen LogP contribution in [0.3, 0.4) is 0 Å². The molecule has 2 atom stereocenters. The number of anilines is 6. The molecule has 0 bridgehead atoms. The van der Waals surface area contributed by atoms with Crippen molar-refractivity contribution in [3.05, 3.63) is 156 Å². The summed E-state index contributed by atoms with van der Waals surface area (Å²) >= 11 is 0. The van der Waals surface area contributed by atoms with E-state index < -0.39 is 0 Å². The molecule has 0 spiro atoms. The number of rotatable bonds is 14. The Hall–Kier alpha value is -4.50. The quantitative estimate of drug-likeness (QED) is 0.0722. The van der Waals surface area contributed by atoms with Crippen LogP contribution in [-0.4, -0.2) is 75.4 Å². The fourth-order valence-corrected chi connectivity index (χ4v) is 9.56. The third-order valence-corrected chi connectivity index (χ3v) is 14.1. The van der Waals surface area contributed by atoms with E-state index in [1.165, 1.54) is 55.9 Å². The van der Waals surface area contributed by atoms with Crippen molar-refractivity contribution < 1.29 is 56.9 Å². The molecule has 6 aromatic carbocycles. The van der Waals surface area contributed by atoms with Gasteiger partial charge in [0.1, 0.15) is 0 Å². The molecular formula is C54H70I2N8. The van der Waals surface area contributed by atoms with Crippen LogP contribution < -0.4 is 80.7 Å². The van der Waals surface area contributed by atoms with E-state index in [1.807, 2.05) is 24.3 Å². The van der Waals surface area contributed by atoms with Crippen LogP contribution in [0.25, 0.3) is 22.3 Å². The van der Waals surface area contributed by atoms with Crippen LogP contribution in [0.2, 0.25) is 0 Å². The van der Waals surface area contributed by atoms with E-state index in [0.29, 0.717) is 0 Å². The monoisotopic (exact) mass is 1080 g/mol. The second-order valence-corrected chi connectivity index (χ2v) is 17.9. The van der Waals surface area contributed by atoms with Crippen molar-refractivity contribution in [2.75, 3.05) is 99.2 Å². The number of hydrogen-bond donors (Lipinski definition) is 4. The molecule has 2 aliphatic heterocycles. The lowest BCUT2D eigenvalue weighted by atomic mass is 9.84. The lowest BCUT2D eigenvalue weighted by molar-refractivity contribution is -0.906. The first-order valence-corrected chi connectivity index (χ1v) is 22.8. The van der Waals surface area contributed by atoms with Crippen LogP contribution >= 0.6 is 0 Å². The van der Waals surface area contributed by atoms with Gasteiger partial charge in [-0.1, -0.05) is 84.9 Å². The second-order valence-electron chi connectivity index (χ2n) is 17.9. The topological polar surface area (TPSA) is 111 Å². The highest BCUT2D eigenvalue weighted by Gasteiger charge is 2.34. The summed E-state index contributed by atoms with van der Waals surface area (Å²) in [5.41, 5.74) is 40.8. The van der Waals surface area contributed by atoms with Gasteiger partial charge in [-0.05, 0) is 110 Å². The molecule has 2 heterocycles. The van der Waals surface area contributed by atoms with Gasteiger partial charge in [0.05, 0.1) is 65.4 Å². The first-order chi connectivity index (χ1) is 29.9. The van der Waals surface area contributed by atoms with Crippen LogP contribution in [0.4, 0.5) is 34.1 Å². The average Bonchev–Trinajstić information content (AvgIpc) is 3.29. The predicted molar refractivity (Wildman–Crippen MR) is 266 cm³/mol. The first-order valence-electron chi connectivity index (χ1n) is 22.8. The lowest BCUT2D eigenvalue weighted by Crippen LogP contribution is -3.00. The van der Waals surface area contributed by atoms with Gasteiger partial charge in [0, 0.05) is 71.2 Å². The molecule has 0 aromatic heterocycles. The van der Waals surface area contributed by atoms with Crippen molar-refractivity contribution in [3.63, 3.8) is 0 Å². The third kappa shape index (κ3) is 10.9. The maximum atomic E-state index is 6.26. The van der Waals surface area contributed by atoms with Gasteiger partial charge in [0.15, 0.2) is 0 Å². The molecule has 0 saturated heterocycles. The predicted octanol–water partition coefficient (Wildman–Crippen LogP) is 4.62. The number of quaternary nitrogens is 2. The largest absolute Gasteiger partial charge is 1.00 e. The van der Waals surface area contributed by atoms with Crippen molar-refractivity contribution in [3.8, 4) is 22.3 Å². The number of fused-ring (bicyclic) bond motifs is 6. The van der Waals surface area contributed by atoms with Gasteiger partial charge in [-0.25, -0.2) is 0 Å². The maximum absolute atomic E-state index is 6.26. The highest BCUT2D eigenvalue weighted by molar-refractivity contribution is 5.89. The molecule has 0 fully saturated rings. The number of halogens is 2. The van der Waals surface area contributed by atoms with Crippen molar-refractivity contribution in [1.82, 2.24) is 0 Å². The smallest absolute Gasteiger partial charge is 0.0802 e. The van der Waals surface area contributed by atoms with Gasteiger partial charge in [0.25, 0.3) is 0 Å². The molecule has 8 rings (SSSR count). The number of nitrogens with zero attached hydrogens (tertiary/aromatic N) is 4. The van der Waals surface area contributed by atoms with Gasteiger partial charge >= 0.3 is 0 Å². The van der Waals surface area contributed by atoms with Gasteiger partial charge in [-0.15, -0.1) is 0 Å². The van der Waals surface area contributed by atoms with Crippen molar-refractivity contribution in [1.29, 1.82) is 0 Å². The highest BCUT2D eigenvalue weighted by Crippen LogP contribution is 2.50. The van der Waals surface area contributed by atoms with Crippen molar-refractivity contribution in [2.45, 2.75) is 52.6 Å². The molecule has 0 amide bonds. The zero-order valence-corrected chi connectivity index (χ0v) is 43.1. The minimum absolute atomic E-state index is 0.